The summed E-state index contributed by atoms with van der Waals surface area (Å²) in [5.41, 5.74) is 2.01. The van der Waals surface area contributed by atoms with Crippen molar-refractivity contribution in [2.24, 2.45) is 0 Å². The number of fused-ring (bicyclic) bond motifs is 1. The minimum Gasteiger partial charge on any atom is -0.369 e. The molecule has 1 aromatic carbocycles. The van der Waals surface area contributed by atoms with Crippen LogP contribution in [0.3, 0.4) is 0 Å². The maximum absolute atomic E-state index is 12.6. The lowest BCUT2D eigenvalue weighted by Gasteiger charge is -2.23. The smallest absolute Gasteiger partial charge is 0.257 e. The van der Waals surface area contributed by atoms with E-state index in [2.05, 4.69) is 44.3 Å². The number of anilines is 3. The van der Waals surface area contributed by atoms with Gasteiger partial charge in [0.25, 0.3) is 6.43 Å². The summed E-state index contributed by atoms with van der Waals surface area (Å²) in [6, 6.07) is 4.28. The fourth-order valence-corrected chi connectivity index (χ4v) is 4.06. The second kappa shape index (κ2) is 8.49. The van der Waals surface area contributed by atoms with Crippen molar-refractivity contribution >= 4 is 51.4 Å². The lowest BCUT2D eigenvalue weighted by molar-refractivity contribution is 0.122. The third-order valence-electron chi connectivity index (χ3n) is 5.22. The highest BCUT2D eigenvalue weighted by Crippen LogP contribution is 2.33. The molecule has 0 amide bonds. The van der Waals surface area contributed by atoms with Gasteiger partial charge in [0.1, 0.15) is 6.54 Å². The monoisotopic (exact) mass is 455 g/mol. The van der Waals surface area contributed by atoms with Crippen molar-refractivity contribution in [1.29, 1.82) is 0 Å². The number of likely N-dealkylation sites (N-methyl/N-ethyl adjacent to an activating group) is 1. The average Bonchev–Trinajstić information content (AvgIpc) is 3.30. The Labute approximate surface area is 182 Å². The summed E-state index contributed by atoms with van der Waals surface area (Å²) in [5.74, 6) is 0.293. The molecule has 0 saturated carbocycles. The molecule has 160 valence electrons. The summed E-state index contributed by atoms with van der Waals surface area (Å²) in [5, 5.41) is 8.35. The van der Waals surface area contributed by atoms with Gasteiger partial charge in [0.2, 0.25) is 5.95 Å². The van der Waals surface area contributed by atoms with Crippen LogP contribution in [0.4, 0.5) is 26.1 Å². The molecule has 4 rings (SSSR count). The van der Waals surface area contributed by atoms with Gasteiger partial charge in [0.15, 0.2) is 5.15 Å². The summed E-state index contributed by atoms with van der Waals surface area (Å²) in [4.78, 5) is 13.3. The Morgan fingerprint density at radius 3 is 2.77 bits per heavy atom. The SMILES string of the molecule is CN(C)C1CCN(c2cc3nc(Nc4cnn(CC(F)F)c4Cl)ncc3cc2Cl)C1. The lowest BCUT2D eigenvalue weighted by Crippen LogP contribution is -2.31. The summed E-state index contributed by atoms with van der Waals surface area (Å²) >= 11 is 12.7. The van der Waals surface area contributed by atoms with E-state index in [1.807, 2.05) is 12.1 Å². The molecule has 3 aromatic rings. The van der Waals surface area contributed by atoms with E-state index in [9.17, 15) is 8.78 Å². The second-order valence-corrected chi connectivity index (χ2v) is 8.22. The van der Waals surface area contributed by atoms with Crippen molar-refractivity contribution in [2.75, 3.05) is 37.4 Å². The molecule has 1 N–H and O–H groups in total. The molecule has 0 radical (unpaired) electrons. The van der Waals surface area contributed by atoms with E-state index in [-0.39, 0.29) is 5.15 Å². The molecule has 1 aliphatic heterocycles. The zero-order valence-electron chi connectivity index (χ0n) is 16.5. The van der Waals surface area contributed by atoms with Crippen molar-refractivity contribution < 1.29 is 8.78 Å². The van der Waals surface area contributed by atoms with Crippen LogP contribution in [0, 0.1) is 0 Å². The Bertz CT molecular complexity index is 1060. The van der Waals surface area contributed by atoms with E-state index in [0.717, 1.165) is 40.8 Å². The van der Waals surface area contributed by atoms with Crippen LogP contribution in [0.5, 0.6) is 0 Å². The number of nitrogens with one attached hydrogen (secondary N) is 1. The summed E-state index contributed by atoms with van der Waals surface area (Å²) < 4.78 is 26.2. The van der Waals surface area contributed by atoms with Crippen LogP contribution < -0.4 is 10.2 Å². The molecule has 0 bridgehead atoms. The van der Waals surface area contributed by atoms with Gasteiger partial charge < -0.3 is 15.1 Å². The largest absolute Gasteiger partial charge is 0.369 e. The van der Waals surface area contributed by atoms with Crippen LogP contribution >= 0.6 is 23.2 Å². The average molecular weight is 456 g/mol. The lowest BCUT2D eigenvalue weighted by atomic mass is 10.2. The summed E-state index contributed by atoms with van der Waals surface area (Å²) in [6.07, 6.45) is 1.55. The fraction of sp³-hybridized carbons (Fsp3) is 0.421. The van der Waals surface area contributed by atoms with Gasteiger partial charge in [-0.1, -0.05) is 23.2 Å². The third kappa shape index (κ3) is 4.28. The van der Waals surface area contributed by atoms with E-state index in [4.69, 9.17) is 23.2 Å². The van der Waals surface area contributed by atoms with E-state index in [0.29, 0.717) is 22.7 Å². The first-order chi connectivity index (χ1) is 14.3. The van der Waals surface area contributed by atoms with Crippen LogP contribution in [-0.4, -0.2) is 64.3 Å². The highest BCUT2D eigenvalue weighted by molar-refractivity contribution is 6.34. The molecule has 11 heteroatoms. The molecule has 1 unspecified atom stereocenters. The first kappa shape index (κ1) is 21.0. The number of rotatable bonds is 6. The van der Waals surface area contributed by atoms with Crippen LogP contribution in [0.1, 0.15) is 6.42 Å². The number of nitrogens with zero attached hydrogens (tertiary/aromatic N) is 6. The van der Waals surface area contributed by atoms with Gasteiger partial charge in [0.05, 0.1) is 28.1 Å². The normalized spacial score (nSPS) is 16.9. The minimum atomic E-state index is -2.55. The van der Waals surface area contributed by atoms with E-state index >= 15 is 0 Å². The van der Waals surface area contributed by atoms with Gasteiger partial charge in [-0.2, -0.15) is 5.10 Å². The highest BCUT2D eigenvalue weighted by atomic mass is 35.5. The van der Waals surface area contributed by atoms with Crippen molar-refractivity contribution in [3.8, 4) is 0 Å². The van der Waals surface area contributed by atoms with Gasteiger partial charge in [0, 0.05) is 30.7 Å². The molecular weight excluding hydrogens is 435 g/mol. The zero-order chi connectivity index (χ0) is 21.4. The molecule has 0 aliphatic carbocycles. The number of benzene rings is 1. The Hall–Kier alpha value is -2.23. The van der Waals surface area contributed by atoms with Gasteiger partial charge in [-0.25, -0.2) is 23.4 Å². The minimum absolute atomic E-state index is 0.0718. The van der Waals surface area contributed by atoms with Crippen molar-refractivity contribution in [2.45, 2.75) is 25.4 Å². The van der Waals surface area contributed by atoms with E-state index in [1.165, 1.54) is 6.20 Å². The Morgan fingerprint density at radius 2 is 2.07 bits per heavy atom. The molecule has 7 nitrogen and oxygen atoms in total. The predicted molar refractivity (Wildman–Crippen MR) is 115 cm³/mol. The summed E-state index contributed by atoms with van der Waals surface area (Å²) in [6.45, 7) is 1.24. The number of alkyl halides is 2. The standard InChI is InChI=1S/C19H21Cl2F2N7/c1-28(2)12-3-4-29(9-12)16-6-14-11(5-13(16)20)7-24-19(26-14)27-15-8-25-30(18(15)21)10-17(22)23/h5-8,12,17H,3-4,9-10H2,1-2H3,(H,24,26,27). The Morgan fingerprint density at radius 1 is 1.27 bits per heavy atom. The summed E-state index contributed by atoms with van der Waals surface area (Å²) in [7, 11) is 4.16. The predicted octanol–water partition coefficient (Wildman–Crippen LogP) is 4.28. The Balaban J connectivity index is 1.59. The Kier molecular flexibility index (Phi) is 5.95. The van der Waals surface area contributed by atoms with Crippen molar-refractivity contribution in [3.05, 3.63) is 34.7 Å². The highest BCUT2D eigenvalue weighted by Gasteiger charge is 2.25. The van der Waals surface area contributed by atoms with Gasteiger partial charge in [-0.15, -0.1) is 0 Å². The topological polar surface area (TPSA) is 62.1 Å². The van der Waals surface area contributed by atoms with Gasteiger partial charge in [-0.3, -0.25) is 0 Å². The fourth-order valence-electron chi connectivity index (χ4n) is 3.56. The maximum Gasteiger partial charge on any atom is 0.257 e. The number of aromatic nitrogens is 4. The van der Waals surface area contributed by atoms with E-state index < -0.39 is 13.0 Å². The van der Waals surface area contributed by atoms with Crippen LogP contribution in [0.2, 0.25) is 10.2 Å². The molecule has 2 aromatic heterocycles. The van der Waals surface area contributed by atoms with Gasteiger partial charge >= 0.3 is 0 Å². The van der Waals surface area contributed by atoms with Crippen LogP contribution in [0.15, 0.2) is 24.5 Å². The molecule has 1 aliphatic rings. The molecule has 1 atom stereocenters. The van der Waals surface area contributed by atoms with Crippen molar-refractivity contribution in [3.63, 3.8) is 0 Å². The molecule has 1 saturated heterocycles. The van der Waals surface area contributed by atoms with Crippen LogP contribution in [-0.2, 0) is 6.54 Å². The number of hydrogen-bond donors (Lipinski definition) is 1. The maximum atomic E-state index is 12.6. The molecule has 1 fully saturated rings. The third-order valence-corrected chi connectivity index (χ3v) is 5.92. The second-order valence-electron chi connectivity index (χ2n) is 7.46. The molecule has 3 heterocycles. The quantitative estimate of drug-likeness (QED) is 0.598. The van der Waals surface area contributed by atoms with Crippen LogP contribution in [0.25, 0.3) is 10.9 Å². The number of halogens is 4. The number of hydrogen-bond acceptors (Lipinski definition) is 6. The first-order valence-corrected chi connectivity index (χ1v) is 10.2. The molecular formula is C19H21Cl2F2N7. The van der Waals surface area contributed by atoms with Crippen molar-refractivity contribution in [1.82, 2.24) is 24.6 Å². The zero-order valence-corrected chi connectivity index (χ0v) is 18.0. The molecule has 30 heavy (non-hydrogen) atoms. The van der Waals surface area contributed by atoms with E-state index in [1.54, 1.807) is 6.20 Å². The molecule has 0 spiro atoms. The van der Waals surface area contributed by atoms with Gasteiger partial charge in [-0.05, 0) is 32.6 Å². The first-order valence-electron chi connectivity index (χ1n) is 9.46.